The molecule has 0 fully saturated rings. The Morgan fingerprint density at radius 1 is 1.17 bits per heavy atom. The Morgan fingerprint density at radius 2 is 1.89 bits per heavy atom. The number of hydrogen-bond acceptors (Lipinski definition) is 3. The fourth-order valence-corrected chi connectivity index (χ4v) is 2.21. The van der Waals surface area contributed by atoms with Crippen LogP contribution < -0.4 is 17.2 Å². The molecule has 2 aromatic rings. The zero-order chi connectivity index (χ0) is 13.1. The van der Waals surface area contributed by atoms with Crippen LogP contribution in [0.25, 0.3) is 16.8 Å². The maximum Gasteiger partial charge on any atom is 0.204 e. The second kappa shape index (κ2) is 4.89. The lowest BCUT2D eigenvalue weighted by molar-refractivity contribution is -0.106. The van der Waals surface area contributed by atoms with Gasteiger partial charge < -0.3 is 17.2 Å². The lowest BCUT2D eigenvalue weighted by atomic mass is 9.90. The second-order valence-electron chi connectivity index (χ2n) is 4.03. The molecule has 1 aliphatic carbocycles. The highest BCUT2D eigenvalue weighted by atomic mass is 16.1. The van der Waals surface area contributed by atoms with Crippen LogP contribution in [0.2, 0.25) is 0 Å². The SMILES string of the molecule is NC=O.Nc1ccc2cccc3c2c1C=CC3N. The predicted octanol–water partition coefficient (Wildman–Crippen LogP) is 1.55. The zero-order valence-electron chi connectivity index (χ0n) is 9.84. The van der Waals surface area contributed by atoms with Gasteiger partial charge in [0.1, 0.15) is 0 Å². The van der Waals surface area contributed by atoms with Gasteiger partial charge >= 0.3 is 0 Å². The molecule has 0 saturated carbocycles. The Kier molecular flexibility index (Phi) is 3.30. The number of carbonyl (C=O) groups excluding carboxylic acids is 1. The average Bonchev–Trinajstić information content (AvgIpc) is 2.37. The van der Waals surface area contributed by atoms with Crippen LogP contribution in [-0.4, -0.2) is 6.41 Å². The molecule has 0 aliphatic heterocycles. The largest absolute Gasteiger partial charge is 0.398 e. The van der Waals surface area contributed by atoms with Crippen LogP contribution in [-0.2, 0) is 4.79 Å². The smallest absolute Gasteiger partial charge is 0.204 e. The van der Waals surface area contributed by atoms with E-state index in [4.69, 9.17) is 16.3 Å². The number of amides is 1. The molecule has 4 heteroatoms. The highest BCUT2D eigenvalue weighted by molar-refractivity contribution is 5.99. The van der Waals surface area contributed by atoms with E-state index in [0.717, 1.165) is 16.8 Å². The summed E-state index contributed by atoms with van der Waals surface area (Å²) in [6.07, 6.45) is 4.27. The Bertz CT molecular complexity index is 620. The number of rotatable bonds is 0. The molecule has 1 aliphatic rings. The first kappa shape index (κ1) is 12.1. The summed E-state index contributed by atoms with van der Waals surface area (Å²) in [6, 6.07) is 10.2. The summed E-state index contributed by atoms with van der Waals surface area (Å²) in [4.78, 5) is 8.58. The second-order valence-corrected chi connectivity index (χ2v) is 4.03. The number of benzene rings is 2. The van der Waals surface area contributed by atoms with E-state index in [1.807, 2.05) is 30.4 Å². The van der Waals surface area contributed by atoms with E-state index in [9.17, 15) is 0 Å². The molecule has 0 saturated heterocycles. The van der Waals surface area contributed by atoms with Crippen LogP contribution in [0.3, 0.4) is 0 Å². The van der Waals surface area contributed by atoms with Crippen molar-refractivity contribution in [1.82, 2.24) is 0 Å². The first-order valence-corrected chi connectivity index (χ1v) is 5.59. The van der Waals surface area contributed by atoms with Gasteiger partial charge in [0, 0.05) is 17.3 Å². The van der Waals surface area contributed by atoms with Crippen molar-refractivity contribution in [2.45, 2.75) is 6.04 Å². The third kappa shape index (κ3) is 1.94. The van der Waals surface area contributed by atoms with E-state index >= 15 is 0 Å². The van der Waals surface area contributed by atoms with E-state index in [1.54, 1.807) is 0 Å². The lowest BCUT2D eigenvalue weighted by Crippen LogP contribution is -2.11. The van der Waals surface area contributed by atoms with Gasteiger partial charge in [-0.05, 0) is 22.4 Å². The Labute approximate surface area is 105 Å². The summed E-state index contributed by atoms with van der Waals surface area (Å²) < 4.78 is 0. The quantitative estimate of drug-likeness (QED) is 0.482. The molecule has 6 N–H and O–H groups in total. The van der Waals surface area contributed by atoms with Gasteiger partial charge in [0.05, 0.1) is 0 Å². The topological polar surface area (TPSA) is 95.1 Å². The summed E-state index contributed by atoms with van der Waals surface area (Å²) in [5, 5.41) is 2.41. The molecule has 0 aromatic heterocycles. The molecule has 18 heavy (non-hydrogen) atoms. The van der Waals surface area contributed by atoms with Crippen molar-refractivity contribution in [2.24, 2.45) is 11.5 Å². The zero-order valence-corrected chi connectivity index (χ0v) is 9.84. The molecular formula is C14H15N3O. The number of nitrogens with two attached hydrogens (primary N) is 3. The molecule has 0 heterocycles. The van der Waals surface area contributed by atoms with Gasteiger partial charge in [-0.25, -0.2) is 0 Å². The number of carbonyl (C=O) groups is 1. The Balaban J connectivity index is 0.000000367. The minimum Gasteiger partial charge on any atom is -0.398 e. The van der Waals surface area contributed by atoms with Crippen molar-refractivity contribution in [2.75, 3.05) is 5.73 Å². The molecule has 4 nitrogen and oxygen atoms in total. The van der Waals surface area contributed by atoms with Gasteiger partial charge in [0.15, 0.2) is 0 Å². The van der Waals surface area contributed by atoms with Crippen molar-refractivity contribution in [1.29, 1.82) is 0 Å². The van der Waals surface area contributed by atoms with E-state index in [1.165, 1.54) is 10.8 Å². The summed E-state index contributed by atoms with van der Waals surface area (Å²) in [5.74, 6) is 0. The summed E-state index contributed by atoms with van der Waals surface area (Å²) in [7, 11) is 0. The number of hydrogen-bond donors (Lipinski definition) is 3. The van der Waals surface area contributed by atoms with Gasteiger partial charge in [-0.3, -0.25) is 4.79 Å². The van der Waals surface area contributed by atoms with Crippen molar-refractivity contribution in [3.8, 4) is 0 Å². The van der Waals surface area contributed by atoms with E-state index in [0.29, 0.717) is 0 Å². The fourth-order valence-electron chi connectivity index (χ4n) is 2.21. The molecule has 1 atom stereocenters. The monoisotopic (exact) mass is 241 g/mol. The maximum absolute atomic E-state index is 8.58. The highest BCUT2D eigenvalue weighted by Gasteiger charge is 2.15. The number of nitrogen functional groups attached to an aromatic ring is 1. The normalized spacial score (nSPS) is 15.9. The van der Waals surface area contributed by atoms with Gasteiger partial charge in [0.25, 0.3) is 0 Å². The predicted molar refractivity (Wildman–Crippen MR) is 74.6 cm³/mol. The minimum atomic E-state index is -0.0111. The van der Waals surface area contributed by atoms with Gasteiger partial charge in [0.2, 0.25) is 6.41 Å². The van der Waals surface area contributed by atoms with Gasteiger partial charge in [-0.15, -0.1) is 0 Å². The molecule has 1 amide bonds. The average molecular weight is 241 g/mol. The number of primary amides is 1. The Hall–Kier alpha value is -2.33. The number of anilines is 1. The van der Waals surface area contributed by atoms with Crippen LogP contribution in [0, 0.1) is 0 Å². The van der Waals surface area contributed by atoms with Crippen molar-refractivity contribution in [3.05, 3.63) is 47.5 Å². The van der Waals surface area contributed by atoms with Crippen LogP contribution in [0.1, 0.15) is 17.2 Å². The van der Waals surface area contributed by atoms with Crippen molar-refractivity contribution in [3.63, 3.8) is 0 Å². The van der Waals surface area contributed by atoms with Crippen LogP contribution in [0.5, 0.6) is 0 Å². The fraction of sp³-hybridized carbons (Fsp3) is 0.0714. The lowest BCUT2D eigenvalue weighted by Gasteiger charge is -2.19. The standard InChI is InChI=1S/C13H12N2.CH3NO/c14-11-6-4-8-2-1-3-9-12(15)7-5-10(11)13(8)9;2-1-3/h1-7,12H,14-15H2;1H,(H2,2,3). The molecule has 2 aromatic carbocycles. The van der Waals surface area contributed by atoms with Crippen LogP contribution in [0.4, 0.5) is 5.69 Å². The minimum absolute atomic E-state index is 0.0111. The maximum atomic E-state index is 8.58. The third-order valence-electron chi connectivity index (χ3n) is 2.98. The van der Waals surface area contributed by atoms with Crippen LogP contribution in [0.15, 0.2) is 36.4 Å². The molecule has 1 unspecified atom stereocenters. The highest BCUT2D eigenvalue weighted by Crippen LogP contribution is 2.35. The first-order chi connectivity index (χ1) is 8.69. The molecule has 0 radical (unpaired) electrons. The summed E-state index contributed by atoms with van der Waals surface area (Å²) in [6.45, 7) is 0. The van der Waals surface area contributed by atoms with E-state index in [2.05, 4.69) is 17.9 Å². The molecular weight excluding hydrogens is 226 g/mol. The first-order valence-electron chi connectivity index (χ1n) is 5.59. The van der Waals surface area contributed by atoms with Crippen LogP contribution >= 0.6 is 0 Å². The van der Waals surface area contributed by atoms with Crippen molar-refractivity contribution < 1.29 is 4.79 Å². The van der Waals surface area contributed by atoms with E-state index in [-0.39, 0.29) is 12.5 Å². The van der Waals surface area contributed by atoms with Gasteiger partial charge in [-0.1, -0.05) is 36.4 Å². The molecule has 0 spiro atoms. The third-order valence-corrected chi connectivity index (χ3v) is 2.98. The van der Waals surface area contributed by atoms with E-state index < -0.39 is 0 Å². The Morgan fingerprint density at radius 3 is 2.61 bits per heavy atom. The summed E-state index contributed by atoms with van der Waals surface area (Å²) in [5.41, 5.74) is 19.2. The summed E-state index contributed by atoms with van der Waals surface area (Å²) >= 11 is 0. The van der Waals surface area contributed by atoms with Crippen molar-refractivity contribution >= 4 is 28.9 Å². The van der Waals surface area contributed by atoms with Gasteiger partial charge in [-0.2, -0.15) is 0 Å². The molecule has 0 bridgehead atoms. The molecule has 92 valence electrons. The molecule has 3 rings (SSSR count).